The summed E-state index contributed by atoms with van der Waals surface area (Å²) in [4.78, 5) is 25.5. The van der Waals surface area contributed by atoms with Gasteiger partial charge in [-0.2, -0.15) is 0 Å². The van der Waals surface area contributed by atoms with E-state index in [-0.39, 0.29) is 32.0 Å². The maximum absolute atomic E-state index is 12.8. The fraction of sp³-hybridized carbons (Fsp3) is 0.889. The van der Waals surface area contributed by atoms with Crippen molar-refractivity contribution in [1.82, 2.24) is 0 Å². The van der Waals surface area contributed by atoms with Gasteiger partial charge in [0, 0.05) is 12.8 Å². The standard InChI is InChI=1S/C54H100O10/c1-3-5-7-9-11-13-15-17-19-21-23-24-25-27-29-31-33-35-37-39-41-43-50(57)63-47(46-62-54-53(60)52(59)51(58)48(44-55)64-54)45-61-49(56)42-40-38-36-34-32-30-28-26-22-20-18-16-14-12-10-8-6-4-2/h15,17,21,23,47-48,51-55,58-60H,3-14,16,18-20,22,24-46H2,1-2H3/b17-15-,23-21-. The first-order chi connectivity index (χ1) is 31.3. The molecule has 10 nitrogen and oxygen atoms in total. The van der Waals surface area contributed by atoms with Gasteiger partial charge in [0.05, 0.1) is 13.2 Å². The van der Waals surface area contributed by atoms with E-state index in [1.165, 1.54) is 167 Å². The summed E-state index contributed by atoms with van der Waals surface area (Å²) in [5.41, 5.74) is 0. The fourth-order valence-electron chi connectivity index (χ4n) is 8.34. The number of esters is 2. The lowest BCUT2D eigenvalue weighted by Crippen LogP contribution is -2.59. The summed E-state index contributed by atoms with van der Waals surface area (Å²) >= 11 is 0. The number of ether oxygens (including phenoxy) is 4. The van der Waals surface area contributed by atoms with E-state index in [9.17, 15) is 30.0 Å². The smallest absolute Gasteiger partial charge is 0.306 e. The number of hydrogen-bond donors (Lipinski definition) is 4. The van der Waals surface area contributed by atoms with Crippen molar-refractivity contribution in [3.05, 3.63) is 24.3 Å². The molecule has 0 spiro atoms. The number of carbonyl (C=O) groups is 2. The Morgan fingerprint density at radius 1 is 0.484 bits per heavy atom. The molecular weight excluding hydrogens is 809 g/mol. The monoisotopic (exact) mass is 909 g/mol. The Kier molecular flexibility index (Phi) is 42.3. The molecule has 6 unspecified atom stereocenters. The Bertz CT molecular complexity index is 1100. The van der Waals surface area contributed by atoms with Crippen LogP contribution in [0.5, 0.6) is 0 Å². The molecular formula is C54H100O10. The lowest BCUT2D eigenvalue weighted by molar-refractivity contribution is -0.305. The van der Waals surface area contributed by atoms with Crippen molar-refractivity contribution < 1.29 is 49.0 Å². The molecule has 1 aliphatic rings. The Balaban J connectivity index is 2.24. The zero-order chi connectivity index (χ0) is 46.6. The molecule has 0 aliphatic carbocycles. The number of rotatable bonds is 46. The average Bonchev–Trinajstić information content (AvgIpc) is 3.29. The molecule has 1 fully saturated rings. The van der Waals surface area contributed by atoms with E-state index < -0.39 is 49.4 Å². The molecule has 376 valence electrons. The zero-order valence-corrected chi connectivity index (χ0v) is 41.3. The first-order valence-electron chi connectivity index (χ1n) is 26.9. The predicted molar refractivity (Wildman–Crippen MR) is 261 cm³/mol. The van der Waals surface area contributed by atoms with Crippen LogP contribution in [0, 0.1) is 0 Å². The molecule has 4 N–H and O–H groups in total. The minimum Gasteiger partial charge on any atom is -0.462 e. The van der Waals surface area contributed by atoms with Crippen molar-refractivity contribution in [1.29, 1.82) is 0 Å². The lowest BCUT2D eigenvalue weighted by Gasteiger charge is -2.39. The summed E-state index contributed by atoms with van der Waals surface area (Å²) in [6, 6.07) is 0. The Hall–Kier alpha value is -1.82. The number of allylic oxidation sites excluding steroid dienone is 4. The van der Waals surface area contributed by atoms with Gasteiger partial charge in [-0.25, -0.2) is 0 Å². The van der Waals surface area contributed by atoms with E-state index >= 15 is 0 Å². The molecule has 64 heavy (non-hydrogen) atoms. The summed E-state index contributed by atoms with van der Waals surface area (Å²) < 4.78 is 22.3. The van der Waals surface area contributed by atoms with Crippen molar-refractivity contribution in [3.63, 3.8) is 0 Å². The van der Waals surface area contributed by atoms with Crippen molar-refractivity contribution in [2.45, 2.75) is 288 Å². The number of aliphatic hydroxyl groups is 4. The van der Waals surface area contributed by atoms with E-state index in [0.29, 0.717) is 6.42 Å². The molecule has 0 radical (unpaired) electrons. The highest BCUT2D eigenvalue weighted by Crippen LogP contribution is 2.23. The van der Waals surface area contributed by atoms with Crippen LogP contribution in [0.2, 0.25) is 0 Å². The number of unbranched alkanes of at least 4 members (excludes halogenated alkanes) is 31. The second kappa shape index (κ2) is 45.0. The van der Waals surface area contributed by atoms with Gasteiger partial charge in [-0.3, -0.25) is 9.59 Å². The van der Waals surface area contributed by atoms with Gasteiger partial charge in [0.2, 0.25) is 0 Å². The Morgan fingerprint density at radius 3 is 1.30 bits per heavy atom. The minimum absolute atomic E-state index is 0.214. The van der Waals surface area contributed by atoms with Gasteiger partial charge in [-0.15, -0.1) is 0 Å². The molecule has 1 rings (SSSR count). The van der Waals surface area contributed by atoms with Crippen molar-refractivity contribution >= 4 is 11.9 Å². The molecule has 0 aromatic carbocycles. The van der Waals surface area contributed by atoms with Crippen LogP contribution in [-0.4, -0.2) is 89.0 Å². The van der Waals surface area contributed by atoms with Crippen LogP contribution in [0.1, 0.15) is 251 Å². The highest BCUT2D eigenvalue weighted by Gasteiger charge is 2.44. The van der Waals surface area contributed by atoms with Gasteiger partial charge >= 0.3 is 11.9 Å². The molecule has 0 aromatic heterocycles. The maximum Gasteiger partial charge on any atom is 0.306 e. The summed E-state index contributed by atoms with van der Waals surface area (Å²) in [6.07, 6.45) is 44.7. The largest absolute Gasteiger partial charge is 0.462 e. The summed E-state index contributed by atoms with van der Waals surface area (Å²) in [5, 5.41) is 40.2. The SMILES string of the molecule is CCCCCCC/C=C\C/C=C\CCCCCCCCCCCC(=O)OC(COC(=O)CCCCCCCCCCCCCCCCCCCC)COC1OC(CO)C(O)C(O)C1O. The van der Waals surface area contributed by atoms with Gasteiger partial charge in [0.15, 0.2) is 12.4 Å². The first-order valence-corrected chi connectivity index (χ1v) is 26.9. The Labute approximate surface area is 392 Å². The van der Waals surface area contributed by atoms with E-state index in [4.69, 9.17) is 18.9 Å². The first kappa shape index (κ1) is 60.2. The van der Waals surface area contributed by atoms with Crippen molar-refractivity contribution in [3.8, 4) is 0 Å². The second-order valence-electron chi connectivity index (χ2n) is 18.7. The highest BCUT2D eigenvalue weighted by atomic mass is 16.7. The third-order valence-electron chi connectivity index (χ3n) is 12.6. The van der Waals surface area contributed by atoms with Crippen molar-refractivity contribution in [2.24, 2.45) is 0 Å². The molecule has 0 amide bonds. The quantitative estimate of drug-likeness (QED) is 0.0264. The molecule has 0 bridgehead atoms. The molecule has 1 saturated heterocycles. The summed E-state index contributed by atoms with van der Waals surface area (Å²) in [6.45, 7) is 3.45. The summed E-state index contributed by atoms with van der Waals surface area (Å²) in [7, 11) is 0. The number of aliphatic hydroxyl groups excluding tert-OH is 4. The second-order valence-corrected chi connectivity index (χ2v) is 18.7. The van der Waals surface area contributed by atoms with Crippen LogP contribution < -0.4 is 0 Å². The van der Waals surface area contributed by atoms with Crippen LogP contribution >= 0.6 is 0 Å². The number of hydrogen-bond acceptors (Lipinski definition) is 10. The average molecular weight is 909 g/mol. The van der Waals surface area contributed by atoms with Crippen molar-refractivity contribution in [2.75, 3.05) is 19.8 Å². The van der Waals surface area contributed by atoms with Crippen LogP contribution in [0.25, 0.3) is 0 Å². The molecule has 6 atom stereocenters. The third-order valence-corrected chi connectivity index (χ3v) is 12.6. The van der Waals surface area contributed by atoms with E-state index in [2.05, 4.69) is 38.2 Å². The lowest BCUT2D eigenvalue weighted by atomic mass is 9.99. The molecule has 0 aromatic rings. The maximum atomic E-state index is 12.8. The minimum atomic E-state index is -1.59. The van der Waals surface area contributed by atoms with Gasteiger partial charge in [-0.1, -0.05) is 218 Å². The predicted octanol–water partition coefficient (Wildman–Crippen LogP) is 12.8. The summed E-state index contributed by atoms with van der Waals surface area (Å²) in [5.74, 6) is -0.797. The van der Waals surface area contributed by atoms with E-state index in [1.807, 2.05) is 0 Å². The Morgan fingerprint density at radius 2 is 0.875 bits per heavy atom. The van der Waals surface area contributed by atoms with Crippen LogP contribution in [0.15, 0.2) is 24.3 Å². The van der Waals surface area contributed by atoms with E-state index in [1.54, 1.807) is 0 Å². The molecule has 10 heteroatoms. The van der Waals surface area contributed by atoms with Gasteiger partial charge in [-0.05, 0) is 44.9 Å². The highest BCUT2D eigenvalue weighted by molar-refractivity contribution is 5.70. The van der Waals surface area contributed by atoms with Crippen LogP contribution in [0.4, 0.5) is 0 Å². The van der Waals surface area contributed by atoms with Gasteiger partial charge in [0.25, 0.3) is 0 Å². The molecule has 1 aliphatic heterocycles. The van der Waals surface area contributed by atoms with Gasteiger partial charge < -0.3 is 39.4 Å². The third kappa shape index (κ3) is 35.4. The fourth-order valence-corrected chi connectivity index (χ4v) is 8.34. The van der Waals surface area contributed by atoms with Gasteiger partial charge in [0.1, 0.15) is 31.0 Å². The zero-order valence-electron chi connectivity index (χ0n) is 41.3. The normalized spacial score (nSPS) is 19.5. The van der Waals surface area contributed by atoms with Crippen LogP contribution in [-0.2, 0) is 28.5 Å². The van der Waals surface area contributed by atoms with E-state index in [0.717, 1.165) is 51.4 Å². The topological polar surface area (TPSA) is 152 Å². The molecule has 0 saturated carbocycles. The van der Waals surface area contributed by atoms with Crippen LogP contribution in [0.3, 0.4) is 0 Å². The number of carbonyl (C=O) groups excluding carboxylic acids is 2. The molecule has 1 heterocycles.